The van der Waals surface area contributed by atoms with E-state index in [9.17, 15) is 0 Å². The number of unbranched alkanes of at least 4 members (excludes halogenated alkanes) is 1. The first-order chi connectivity index (χ1) is 12.7. The first-order valence-corrected chi connectivity index (χ1v) is 10.3. The Labute approximate surface area is 159 Å². The minimum Gasteiger partial charge on any atom is -0.357 e. The van der Waals surface area contributed by atoms with Crippen molar-refractivity contribution in [2.24, 2.45) is 4.99 Å². The van der Waals surface area contributed by atoms with E-state index in [0.29, 0.717) is 0 Å². The second kappa shape index (κ2) is 11.9. The van der Waals surface area contributed by atoms with Crippen LogP contribution in [0.25, 0.3) is 0 Å². The number of guanidine groups is 1. The normalized spacial score (nSPS) is 17.9. The Bertz CT molecular complexity index is 508. The molecule has 0 radical (unpaired) electrons. The summed E-state index contributed by atoms with van der Waals surface area (Å²) < 4.78 is 0. The molecule has 1 heterocycles. The second-order valence-corrected chi connectivity index (χ2v) is 7.02. The van der Waals surface area contributed by atoms with Gasteiger partial charge in [-0.2, -0.15) is 0 Å². The summed E-state index contributed by atoms with van der Waals surface area (Å²) in [5, 5.41) is 6.87. The highest BCUT2D eigenvalue weighted by molar-refractivity contribution is 5.80. The lowest BCUT2D eigenvalue weighted by molar-refractivity contribution is 0.136. The fourth-order valence-corrected chi connectivity index (χ4v) is 3.32. The zero-order valence-electron chi connectivity index (χ0n) is 16.9. The Morgan fingerprint density at radius 3 is 2.38 bits per heavy atom. The summed E-state index contributed by atoms with van der Waals surface area (Å²) in [7, 11) is 0. The summed E-state index contributed by atoms with van der Waals surface area (Å²) in [6, 6.07) is 10.8. The maximum Gasteiger partial charge on any atom is 0.191 e. The lowest BCUT2D eigenvalue weighted by atomic mass is 10.1. The van der Waals surface area contributed by atoms with Crippen LogP contribution in [0.15, 0.2) is 35.3 Å². The van der Waals surface area contributed by atoms with E-state index in [4.69, 9.17) is 4.99 Å². The van der Waals surface area contributed by atoms with Crippen molar-refractivity contribution in [2.75, 3.05) is 52.4 Å². The third-order valence-corrected chi connectivity index (χ3v) is 5.06. The predicted molar refractivity (Wildman–Crippen MR) is 112 cm³/mol. The second-order valence-electron chi connectivity index (χ2n) is 7.02. The van der Waals surface area contributed by atoms with Gasteiger partial charge in [-0.05, 0) is 45.3 Å². The predicted octanol–water partition coefficient (Wildman–Crippen LogP) is 2.72. The van der Waals surface area contributed by atoms with Gasteiger partial charge in [-0.25, -0.2) is 0 Å². The standard InChI is InChI=1S/C21H37N5/c1-4-22-21(24-19(3)20-11-7-6-8-12-20)23-13-9-10-14-26-17-15-25(5-2)16-18-26/h6-8,11-12,19H,4-5,9-10,13-18H2,1-3H3,(H2,22,23,24). The molecular weight excluding hydrogens is 322 g/mol. The molecule has 1 aromatic rings. The van der Waals surface area contributed by atoms with Crippen LogP contribution in [0.1, 0.15) is 45.2 Å². The number of hydrogen-bond donors (Lipinski definition) is 2. The molecule has 1 unspecified atom stereocenters. The molecule has 5 nitrogen and oxygen atoms in total. The summed E-state index contributed by atoms with van der Waals surface area (Å²) in [6.45, 7) is 15.6. The molecule has 0 saturated carbocycles. The molecule has 2 rings (SSSR count). The van der Waals surface area contributed by atoms with E-state index < -0.39 is 0 Å². The third kappa shape index (κ3) is 7.34. The first kappa shape index (κ1) is 20.7. The maximum absolute atomic E-state index is 4.75. The van der Waals surface area contributed by atoms with Crippen molar-refractivity contribution in [3.05, 3.63) is 35.9 Å². The van der Waals surface area contributed by atoms with Gasteiger partial charge in [0.2, 0.25) is 0 Å². The molecule has 2 N–H and O–H groups in total. The van der Waals surface area contributed by atoms with Gasteiger partial charge in [0.1, 0.15) is 0 Å². The van der Waals surface area contributed by atoms with E-state index in [1.54, 1.807) is 0 Å². The quantitative estimate of drug-likeness (QED) is 0.404. The Morgan fingerprint density at radius 1 is 1.04 bits per heavy atom. The van der Waals surface area contributed by atoms with Crippen LogP contribution in [0.5, 0.6) is 0 Å². The molecule has 1 aliphatic rings. The van der Waals surface area contributed by atoms with Crippen LogP contribution in [-0.2, 0) is 0 Å². The number of nitrogens with one attached hydrogen (secondary N) is 2. The molecule has 0 aromatic heterocycles. The molecule has 0 spiro atoms. The van der Waals surface area contributed by atoms with E-state index >= 15 is 0 Å². The molecule has 146 valence electrons. The monoisotopic (exact) mass is 359 g/mol. The molecule has 5 heteroatoms. The molecule has 1 aliphatic heterocycles. The average Bonchev–Trinajstić information content (AvgIpc) is 2.69. The van der Waals surface area contributed by atoms with E-state index in [1.165, 1.54) is 51.3 Å². The first-order valence-electron chi connectivity index (χ1n) is 10.3. The zero-order chi connectivity index (χ0) is 18.6. The van der Waals surface area contributed by atoms with Crippen LogP contribution < -0.4 is 10.6 Å². The van der Waals surface area contributed by atoms with Crippen molar-refractivity contribution in [2.45, 2.75) is 39.7 Å². The molecule has 1 saturated heterocycles. The topological polar surface area (TPSA) is 42.9 Å². The minimum absolute atomic E-state index is 0.254. The summed E-state index contributed by atoms with van der Waals surface area (Å²) in [4.78, 5) is 9.88. The Balaban J connectivity index is 1.68. The molecule has 0 bridgehead atoms. The Morgan fingerprint density at radius 2 is 1.73 bits per heavy atom. The molecule has 1 atom stereocenters. The molecule has 0 amide bonds. The number of aliphatic imine (C=N–C) groups is 1. The van der Waals surface area contributed by atoms with Crippen LogP contribution in [0.3, 0.4) is 0 Å². The third-order valence-electron chi connectivity index (χ3n) is 5.06. The maximum atomic E-state index is 4.75. The van der Waals surface area contributed by atoms with E-state index in [0.717, 1.165) is 25.5 Å². The molecule has 0 aliphatic carbocycles. The SMILES string of the molecule is CCNC(=NCCCCN1CCN(CC)CC1)NC(C)c1ccccc1. The lowest BCUT2D eigenvalue weighted by Crippen LogP contribution is -2.46. The fourth-order valence-electron chi connectivity index (χ4n) is 3.32. The van der Waals surface area contributed by atoms with Gasteiger partial charge in [0.25, 0.3) is 0 Å². The Kier molecular flexibility index (Phi) is 9.50. The summed E-state index contributed by atoms with van der Waals surface area (Å²) in [5.74, 6) is 0.917. The minimum atomic E-state index is 0.254. The highest BCUT2D eigenvalue weighted by Gasteiger charge is 2.14. The van der Waals surface area contributed by atoms with Crippen LogP contribution in [-0.4, -0.2) is 68.1 Å². The van der Waals surface area contributed by atoms with Crippen molar-refractivity contribution in [1.82, 2.24) is 20.4 Å². The Hall–Kier alpha value is -1.59. The van der Waals surface area contributed by atoms with Gasteiger partial charge in [0.15, 0.2) is 5.96 Å². The molecular formula is C21H37N5. The van der Waals surface area contributed by atoms with Crippen molar-refractivity contribution < 1.29 is 0 Å². The molecule has 1 aromatic carbocycles. The highest BCUT2D eigenvalue weighted by atomic mass is 15.3. The number of nitrogens with zero attached hydrogens (tertiary/aromatic N) is 3. The van der Waals surface area contributed by atoms with Crippen molar-refractivity contribution in [3.63, 3.8) is 0 Å². The van der Waals surface area contributed by atoms with Gasteiger partial charge in [-0.1, -0.05) is 37.3 Å². The number of hydrogen-bond acceptors (Lipinski definition) is 3. The average molecular weight is 360 g/mol. The summed E-state index contributed by atoms with van der Waals surface area (Å²) in [5.41, 5.74) is 1.28. The van der Waals surface area contributed by atoms with E-state index in [2.05, 4.69) is 71.5 Å². The highest BCUT2D eigenvalue weighted by Crippen LogP contribution is 2.10. The lowest BCUT2D eigenvalue weighted by Gasteiger charge is -2.33. The van der Waals surface area contributed by atoms with Gasteiger partial charge in [-0.15, -0.1) is 0 Å². The molecule has 26 heavy (non-hydrogen) atoms. The van der Waals surface area contributed by atoms with Gasteiger partial charge in [0.05, 0.1) is 6.04 Å². The van der Waals surface area contributed by atoms with Gasteiger partial charge < -0.3 is 20.4 Å². The van der Waals surface area contributed by atoms with E-state index in [1.807, 2.05) is 0 Å². The largest absolute Gasteiger partial charge is 0.357 e. The van der Waals surface area contributed by atoms with Crippen LogP contribution in [0, 0.1) is 0 Å². The van der Waals surface area contributed by atoms with E-state index in [-0.39, 0.29) is 6.04 Å². The summed E-state index contributed by atoms with van der Waals surface area (Å²) in [6.07, 6.45) is 2.37. The number of rotatable bonds is 9. The van der Waals surface area contributed by atoms with Gasteiger partial charge in [-0.3, -0.25) is 4.99 Å². The smallest absolute Gasteiger partial charge is 0.191 e. The van der Waals surface area contributed by atoms with Gasteiger partial charge >= 0.3 is 0 Å². The van der Waals surface area contributed by atoms with Crippen LogP contribution in [0.4, 0.5) is 0 Å². The fraction of sp³-hybridized carbons (Fsp3) is 0.667. The van der Waals surface area contributed by atoms with Gasteiger partial charge in [0, 0.05) is 39.3 Å². The van der Waals surface area contributed by atoms with Crippen molar-refractivity contribution >= 4 is 5.96 Å². The van der Waals surface area contributed by atoms with Crippen molar-refractivity contribution in [3.8, 4) is 0 Å². The van der Waals surface area contributed by atoms with Crippen LogP contribution in [0.2, 0.25) is 0 Å². The number of benzene rings is 1. The van der Waals surface area contributed by atoms with Crippen molar-refractivity contribution in [1.29, 1.82) is 0 Å². The number of likely N-dealkylation sites (N-methyl/N-ethyl adjacent to an activating group) is 1. The molecule has 1 fully saturated rings. The zero-order valence-corrected chi connectivity index (χ0v) is 16.9. The number of piperazine rings is 1. The summed E-state index contributed by atoms with van der Waals surface area (Å²) >= 11 is 0. The van der Waals surface area contributed by atoms with Crippen LogP contribution >= 0.6 is 0 Å².